The topological polar surface area (TPSA) is 182 Å². The number of esters is 4. The lowest BCUT2D eigenvalue weighted by Crippen LogP contribution is -2.63. The first kappa shape index (κ1) is 30.3. The molecule has 0 aromatic heterocycles. The molecule has 1 saturated heterocycles. The van der Waals surface area contributed by atoms with Crippen molar-refractivity contribution in [2.75, 3.05) is 26.9 Å². The molecular formula is C24H31NO13. The van der Waals surface area contributed by atoms with Crippen LogP contribution in [0.1, 0.15) is 38.1 Å². The van der Waals surface area contributed by atoms with Gasteiger partial charge in [0.2, 0.25) is 12.4 Å². The largest absolute Gasteiger partial charge is 0.493 e. The monoisotopic (exact) mass is 541 g/mol. The van der Waals surface area contributed by atoms with Crippen LogP contribution in [-0.4, -0.2) is 92.5 Å². The summed E-state index contributed by atoms with van der Waals surface area (Å²) >= 11 is 0. The summed E-state index contributed by atoms with van der Waals surface area (Å²) in [5.74, 6) is -3.33. The fourth-order valence-electron chi connectivity index (χ4n) is 3.59. The van der Waals surface area contributed by atoms with Crippen LogP contribution >= 0.6 is 0 Å². The Balaban J connectivity index is 2.48. The van der Waals surface area contributed by atoms with Gasteiger partial charge in [0.05, 0.1) is 13.7 Å². The van der Waals surface area contributed by atoms with Crippen LogP contribution < -0.4 is 14.8 Å². The molecule has 1 aromatic carbocycles. The lowest BCUT2D eigenvalue weighted by atomic mass is 9.98. The maximum atomic E-state index is 12.3. The molecule has 1 heterocycles. The lowest BCUT2D eigenvalue weighted by molar-refractivity contribution is -0.288. The van der Waals surface area contributed by atoms with E-state index in [0.29, 0.717) is 0 Å². The van der Waals surface area contributed by atoms with Gasteiger partial charge >= 0.3 is 23.9 Å². The summed E-state index contributed by atoms with van der Waals surface area (Å²) in [5, 5.41) is 11.4. The van der Waals surface area contributed by atoms with Gasteiger partial charge in [-0.1, -0.05) is 0 Å². The lowest BCUT2D eigenvalue weighted by Gasteiger charge is -2.44. The molecule has 1 aliphatic rings. The number of hydrogen-bond donors (Lipinski definition) is 2. The molecule has 0 unspecified atom stereocenters. The molecule has 0 aliphatic carbocycles. The summed E-state index contributed by atoms with van der Waals surface area (Å²) in [6, 6.07) is 4.17. The zero-order chi connectivity index (χ0) is 28.4. The Morgan fingerprint density at radius 1 is 0.868 bits per heavy atom. The van der Waals surface area contributed by atoms with Gasteiger partial charge in [-0.05, 0) is 18.2 Å². The van der Waals surface area contributed by atoms with Crippen LogP contribution in [0.3, 0.4) is 0 Å². The molecule has 1 aliphatic heterocycles. The number of amides is 1. The van der Waals surface area contributed by atoms with E-state index in [-0.39, 0.29) is 30.2 Å². The first-order valence-corrected chi connectivity index (χ1v) is 11.5. The molecule has 0 spiro atoms. The van der Waals surface area contributed by atoms with Crippen LogP contribution in [0.15, 0.2) is 18.2 Å². The van der Waals surface area contributed by atoms with Gasteiger partial charge in [-0.2, -0.15) is 0 Å². The van der Waals surface area contributed by atoms with Crippen LogP contribution in [-0.2, 0) is 42.9 Å². The molecular weight excluding hydrogens is 510 g/mol. The van der Waals surface area contributed by atoms with Gasteiger partial charge in [-0.15, -0.1) is 0 Å². The summed E-state index contributed by atoms with van der Waals surface area (Å²) in [7, 11) is 1.32. The predicted molar refractivity (Wildman–Crippen MR) is 125 cm³/mol. The standard InChI is InChI=1S/C24H31NO13/c1-12(27)33-11-19-20(34-13(2)28)21(35-14(3)29)22(36-15(4)30)24(38-19)37-17-7-6-16(10-18(17)32-5)23(31)25-8-9-26/h6-7,10,19-22,24,26H,8-9,11H2,1-5H3,(H,25,31)/t19-,20-,21+,22-,24-/m0/s1. The van der Waals surface area contributed by atoms with E-state index in [4.69, 9.17) is 38.3 Å². The zero-order valence-corrected chi connectivity index (χ0v) is 21.6. The molecule has 38 heavy (non-hydrogen) atoms. The van der Waals surface area contributed by atoms with Crippen molar-refractivity contribution in [1.29, 1.82) is 0 Å². The van der Waals surface area contributed by atoms with Crippen LogP contribution in [0.4, 0.5) is 0 Å². The second kappa shape index (κ2) is 14.1. The fraction of sp³-hybridized carbons (Fsp3) is 0.542. The number of benzene rings is 1. The van der Waals surface area contributed by atoms with Crippen LogP contribution in [0, 0.1) is 0 Å². The average molecular weight is 542 g/mol. The molecule has 1 fully saturated rings. The molecule has 0 bridgehead atoms. The van der Waals surface area contributed by atoms with Gasteiger partial charge in [0, 0.05) is 39.8 Å². The number of aliphatic hydroxyl groups excluding tert-OH is 1. The number of carbonyl (C=O) groups excluding carboxylic acids is 5. The summed E-state index contributed by atoms with van der Waals surface area (Å²) in [6.45, 7) is 3.86. The molecule has 2 rings (SSSR count). The number of ether oxygens (including phenoxy) is 7. The normalized spacial score (nSPS) is 22.4. The molecule has 1 aromatic rings. The first-order valence-electron chi connectivity index (χ1n) is 11.5. The van der Waals surface area contributed by atoms with Gasteiger partial charge in [-0.3, -0.25) is 24.0 Å². The van der Waals surface area contributed by atoms with Crippen molar-refractivity contribution in [3.63, 3.8) is 0 Å². The van der Waals surface area contributed by atoms with Crippen LogP contribution in [0.5, 0.6) is 11.5 Å². The maximum Gasteiger partial charge on any atom is 0.303 e. The molecule has 210 valence electrons. The minimum absolute atomic E-state index is 0.0458. The van der Waals surface area contributed by atoms with Crippen molar-refractivity contribution in [3.8, 4) is 11.5 Å². The third-order valence-corrected chi connectivity index (χ3v) is 5.01. The number of rotatable bonds is 11. The van der Waals surface area contributed by atoms with Crippen LogP contribution in [0.25, 0.3) is 0 Å². The van der Waals surface area contributed by atoms with Gasteiger partial charge < -0.3 is 43.6 Å². The van der Waals surface area contributed by atoms with Gasteiger partial charge in [-0.25, -0.2) is 0 Å². The van der Waals surface area contributed by atoms with E-state index in [2.05, 4.69) is 5.32 Å². The highest BCUT2D eigenvalue weighted by atomic mass is 16.7. The Morgan fingerprint density at radius 2 is 1.47 bits per heavy atom. The highest BCUT2D eigenvalue weighted by molar-refractivity contribution is 5.94. The van der Waals surface area contributed by atoms with Crippen molar-refractivity contribution in [2.24, 2.45) is 0 Å². The van der Waals surface area contributed by atoms with E-state index >= 15 is 0 Å². The molecule has 5 atom stereocenters. The third kappa shape index (κ3) is 8.59. The number of aliphatic hydroxyl groups is 1. The second-order valence-electron chi connectivity index (χ2n) is 8.03. The van der Waals surface area contributed by atoms with Crippen LogP contribution in [0.2, 0.25) is 0 Å². The van der Waals surface area contributed by atoms with Crippen molar-refractivity contribution < 1.29 is 62.2 Å². The van der Waals surface area contributed by atoms with E-state index in [0.717, 1.165) is 27.7 Å². The van der Waals surface area contributed by atoms with E-state index in [1.54, 1.807) is 0 Å². The fourth-order valence-corrected chi connectivity index (χ4v) is 3.59. The van der Waals surface area contributed by atoms with E-state index in [1.165, 1.54) is 25.3 Å². The second-order valence-corrected chi connectivity index (χ2v) is 8.03. The Hall–Kier alpha value is -3.91. The van der Waals surface area contributed by atoms with Crippen molar-refractivity contribution >= 4 is 29.8 Å². The Kier molecular flexibility index (Phi) is 11.3. The third-order valence-electron chi connectivity index (χ3n) is 5.01. The van der Waals surface area contributed by atoms with E-state index in [9.17, 15) is 24.0 Å². The smallest absolute Gasteiger partial charge is 0.303 e. The average Bonchev–Trinajstić information content (AvgIpc) is 2.84. The molecule has 0 saturated carbocycles. The van der Waals surface area contributed by atoms with Gasteiger partial charge in [0.15, 0.2) is 23.7 Å². The number of nitrogens with one attached hydrogen (secondary N) is 1. The SMILES string of the molecule is COc1cc(C(=O)NCCO)ccc1O[C@H]1O[C@@H](COC(C)=O)[C@H](OC(C)=O)[C@@H](OC(C)=O)[C@@H]1OC(C)=O. The quantitative estimate of drug-likeness (QED) is 0.280. The molecule has 2 N–H and O–H groups in total. The van der Waals surface area contributed by atoms with E-state index < -0.39 is 67.1 Å². The summed E-state index contributed by atoms with van der Waals surface area (Å²) in [6.07, 6.45) is -6.85. The molecule has 1 amide bonds. The Morgan fingerprint density at radius 3 is 2.03 bits per heavy atom. The minimum Gasteiger partial charge on any atom is -0.493 e. The number of hydrogen-bond acceptors (Lipinski definition) is 13. The molecule has 14 heteroatoms. The van der Waals surface area contributed by atoms with Gasteiger partial charge in [0.1, 0.15) is 12.7 Å². The van der Waals surface area contributed by atoms with E-state index in [1.807, 2.05) is 0 Å². The summed E-state index contributed by atoms with van der Waals surface area (Å²) in [5.41, 5.74) is 0.198. The highest BCUT2D eigenvalue weighted by Crippen LogP contribution is 2.34. The number of carbonyl (C=O) groups is 5. The van der Waals surface area contributed by atoms with Crippen molar-refractivity contribution in [3.05, 3.63) is 23.8 Å². The summed E-state index contributed by atoms with van der Waals surface area (Å²) in [4.78, 5) is 59.5. The van der Waals surface area contributed by atoms with Gasteiger partial charge in [0.25, 0.3) is 5.91 Å². The Bertz CT molecular complexity index is 1030. The highest BCUT2D eigenvalue weighted by Gasteiger charge is 2.53. The molecule has 14 nitrogen and oxygen atoms in total. The summed E-state index contributed by atoms with van der Waals surface area (Å²) < 4.78 is 38.2. The zero-order valence-electron chi connectivity index (χ0n) is 21.6. The molecule has 0 radical (unpaired) electrons. The van der Waals surface area contributed by atoms with Crippen molar-refractivity contribution in [2.45, 2.75) is 58.4 Å². The Labute approximate surface area is 218 Å². The first-order chi connectivity index (χ1) is 18.0. The predicted octanol–water partition coefficient (Wildman–Crippen LogP) is -0.121. The van der Waals surface area contributed by atoms with Crippen molar-refractivity contribution in [1.82, 2.24) is 5.32 Å². The maximum absolute atomic E-state index is 12.3. The minimum atomic E-state index is -1.47. The number of methoxy groups -OCH3 is 1.